The van der Waals surface area contributed by atoms with Crippen molar-refractivity contribution in [2.24, 2.45) is 0 Å². The molecule has 0 aliphatic carbocycles. The highest BCUT2D eigenvalue weighted by Crippen LogP contribution is 2.41. The van der Waals surface area contributed by atoms with Crippen molar-refractivity contribution in [2.45, 2.75) is 25.2 Å². The summed E-state index contributed by atoms with van der Waals surface area (Å²) in [6.45, 7) is 4.63. The second kappa shape index (κ2) is 9.23. The van der Waals surface area contributed by atoms with Crippen LogP contribution in [0.5, 0.6) is 5.75 Å². The number of carbonyl (C=O) groups excluding carboxylic acids is 2. The van der Waals surface area contributed by atoms with Gasteiger partial charge in [-0.2, -0.15) is 0 Å². The highest BCUT2D eigenvalue weighted by atomic mass is 32.2. The second-order valence-electron chi connectivity index (χ2n) is 7.28. The topological polar surface area (TPSA) is 46.6 Å². The van der Waals surface area contributed by atoms with Crippen molar-refractivity contribution in [3.8, 4) is 5.75 Å². The van der Waals surface area contributed by atoms with Gasteiger partial charge in [-0.25, -0.2) is 4.90 Å². The monoisotopic (exact) mass is 429 g/mol. The summed E-state index contributed by atoms with van der Waals surface area (Å²) in [5, 5.41) is 0. The van der Waals surface area contributed by atoms with Crippen molar-refractivity contribution in [3.05, 3.63) is 94.9 Å². The number of hydrogen-bond acceptors (Lipinski definition) is 4. The molecule has 1 heterocycles. The molecule has 156 valence electrons. The first-order chi connectivity index (χ1) is 15.1. The van der Waals surface area contributed by atoms with Crippen LogP contribution in [0, 0.1) is 6.92 Å². The van der Waals surface area contributed by atoms with E-state index in [0.717, 1.165) is 22.6 Å². The van der Waals surface area contributed by atoms with Gasteiger partial charge in [0.05, 0.1) is 22.8 Å². The minimum atomic E-state index is -0.309. The lowest BCUT2D eigenvalue weighted by atomic mass is 10.1. The third-order valence-electron chi connectivity index (χ3n) is 4.88. The van der Waals surface area contributed by atoms with E-state index in [1.807, 2.05) is 79.7 Å². The van der Waals surface area contributed by atoms with Crippen molar-refractivity contribution in [2.75, 3.05) is 11.5 Å². The van der Waals surface area contributed by atoms with E-state index in [-0.39, 0.29) is 11.8 Å². The summed E-state index contributed by atoms with van der Waals surface area (Å²) in [7, 11) is 0. The summed E-state index contributed by atoms with van der Waals surface area (Å²) in [6, 6.07) is 24.4. The van der Waals surface area contributed by atoms with Crippen molar-refractivity contribution < 1.29 is 14.3 Å². The SMILES string of the molecule is CCCOc1ccc(C2=C(Sc3ccccc3)C(=O)N(c3cccc(C)c3)C2=O)cc1. The number of imide groups is 1. The molecule has 0 fully saturated rings. The Morgan fingerprint density at radius 2 is 1.61 bits per heavy atom. The average Bonchev–Trinajstić information content (AvgIpc) is 3.03. The number of amides is 2. The molecule has 0 saturated heterocycles. The molecular weight excluding hydrogens is 406 g/mol. The molecule has 0 aromatic heterocycles. The Labute approximate surface area is 186 Å². The van der Waals surface area contributed by atoms with Gasteiger partial charge >= 0.3 is 0 Å². The molecule has 0 radical (unpaired) electrons. The molecule has 3 aromatic carbocycles. The van der Waals surface area contributed by atoms with Crippen LogP contribution in [0.1, 0.15) is 24.5 Å². The van der Waals surface area contributed by atoms with Gasteiger partial charge in [0.1, 0.15) is 5.75 Å². The minimum absolute atomic E-state index is 0.300. The maximum absolute atomic E-state index is 13.5. The van der Waals surface area contributed by atoms with Gasteiger partial charge in [-0.3, -0.25) is 9.59 Å². The Bertz CT molecular complexity index is 1140. The summed E-state index contributed by atoms with van der Waals surface area (Å²) >= 11 is 1.32. The normalized spacial score (nSPS) is 13.8. The number of thioether (sulfide) groups is 1. The molecule has 3 aromatic rings. The summed E-state index contributed by atoms with van der Waals surface area (Å²) in [5.41, 5.74) is 2.69. The van der Waals surface area contributed by atoms with Gasteiger partial charge in [-0.1, -0.05) is 61.2 Å². The Morgan fingerprint density at radius 3 is 2.29 bits per heavy atom. The number of rotatable bonds is 7. The summed E-state index contributed by atoms with van der Waals surface area (Å²) in [6.07, 6.45) is 0.920. The van der Waals surface area contributed by atoms with Crippen LogP contribution in [0.2, 0.25) is 0 Å². The fraction of sp³-hybridized carbons (Fsp3) is 0.154. The summed E-state index contributed by atoms with van der Waals surface area (Å²) < 4.78 is 5.66. The number of nitrogens with zero attached hydrogens (tertiary/aromatic N) is 1. The van der Waals surface area contributed by atoms with E-state index >= 15 is 0 Å². The van der Waals surface area contributed by atoms with Crippen LogP contribution < -0.4 is 9.64 Å². The minimum Gasteiger partial charge on any atom is -0.494 e. The molecule has 1 aliphatic rings. The molecule has 4 rings (SSSR count). The number of ether oxygens (including phenoxy) is 1. The number of hydrogen-bond donors (Lipinski definition) is 0. The molecule has 0 atom stereocenters. The summed E-state index contributed by atoms with van der Waals surface area (Å²) in [5.74, 6) is 0.137. The van der Waals surface area contributed by atoms with Crippen molar-refractivity contribution in [3.63, 3.8) is 0 Å². The van der Waals surface area contributed by atoms with Crippen molar-refractivity contribution in [1.29, 1.82) is 0 Å². The van der Waals surface area contributed by atoms with E-state index in [9.17, 15) is 9.59 Å². The van der Waals surface area contributed by atoms with Crippen molar-refractivity contribution in [1.82, 2.24) is 0 Å². The number of aryl methyl sites for hydroxylation is 1. The van der Waals surface area contributed by atoms with Crippen LogP contribution in [0.3, 0.4) is 0 Å². The second-order valence-corrected chi connectivity index (χ2v) is 8.36. The van der Waals surface area contributed by atoms with E-state index in [1.165, 1.54) is 16.7 Å². The van der Waals surface area contributed by atoms with E-state index in [1.54, 1.807) is 6.07 Å². The molecule has 0 N–H and O–H groups in total. The molecule has 0 saturated carbocycles. The van der Waals surface area contributed by atoms with Gasteiger partial charge in [0, 0.05) is 4.90 Å². The smallest absolute Gasteiger partial charge is 0.272 e. The third kappa shape index (κ3) is 4.42. The fourth-order valence-electron chi connectivity index (χ4n) is 3.40. The van der Waals surface area contributed by atoms with E-state index in [2.05, 4.69) is 6.92 Å². The average molecular weight is 430 g/mol. The van der Waals surface area contributed by atoms with Crippen LogP contribution in [0.15, 0.2) is 88.7 Å². The standard InChI is InChI=1S/C26H23NO3S/c1-3-16-30-21-14-12-19(13-15-21)23-24(31-22-10-5-4-6-11-22)26(29)27(25(23)28)20-9-7-8-18(2)17-20/h4-15,17H,3,16H2,1-2H3. The van der Waals surface area contributed by atoms with Gasteiger partial charge in [0.2, 0.25) is 0 Å². The van der Waals surface area contributed by atoms with E-state index in [0.29, 0.717) is 28.3 Å². The van der Waals surface area contributed by atoms with Crippen LogP contribution in [0.25, 0.3) is 5.57 Å². The Morgan fingerprint density at radius 1 is 0.871 bits per heavy atom. The number of anilines is 1. The van der Waals surface area contributed by atoms with Crippen LogP contribution in [-0.2, 0) is 9.59 Å². The van der Waals surface area contributed by atoms with Gasteiger partial charge < -0.3 is 4.74 Å². The Kier molecular flexibility index (Phi) is 6.23. The van der Waals surface area contributed by atoms with Gasteiger partial charge in [-0.15, -0.1) is 0 Å². The fourth-order valence-corrected chi connectivity index (χ4v) is 4.42. The predicted octanol–water partition coefficient (Wildman–Crippen LogP) is 5.86. The molecule has 0 unspecified atom stereocenters. The van der Waals surface area contributed by atoms with Crippen LogP contribution >= 0.6 is 11.8 Å². The molecule has 1 aliphatic heterocycles. The van der Waals surface area contributed by atoms with E-state index < -0.39 is 0 Å². The molecule has 0 bridgehead atoms. The van der Waals surface area contributed by atoms with Crippen molar-refractivity contribution >= 4 is 34.8 Å². The van der Waals surface area contributed by atoms with Gasteiger partial charge in [-0.05, 0) is 60.9 Å². The molecule has 0 spiro atoms. The van der Waals surface area contributed by atoms with Crippen LogP contribution in [0.4, 0.5) is 5.69 Å². The zero-order valence-corrected chi connectivity index (χ0v) is 18.3. The van der Waals surface area contributed by atoms with Crippen LogP contribution in [-0.4, -0.2) is 18.4 Å². The molecule has 5 heteroatoms. The van der Waals surface area contributed by atoms with Gasteiger partial charge in [0.15, 0.2) is 0 Å². The Hall–Kier alpha value is -3.31. The molecule has 2 amide bonds. The largest absolute Gasteiger partial charge is 0.494 e. The lowest BCUT2D eigenvalue weighted by Gasteiger charge is -2.15. The zero-order valence-electron chi connectivity index (χ0n) is 17.5. The molecule has 31 heavy (non-hydrogen) atoms. The van der Waals surface area contributed by atoms with E-state index in [4.69, 9.17) is 4.74 Å². The summed E-state index contributed by atoms with van der Waals surface area (Å²) in [4.78, 5) is 29.5. The first kappa shape index (κ1) is 20.9. The number of benzene rings is 3. The predicted molar refractivity (Wildman–Crippen MR) is 125 cm³/mol. The maximum atomic E-state index is 13.5. The third-order valence-corrected chi connectivity index (χ3v) is 5.97. The zero-order chi connectivity index (χ0) is 21.8. The first-order valence-corrected chi connectivity index (χ1v) is 11.1. The highest BCUT2D eigenvalue weighted by molar-refractivity contribution is 8.04. The number of carbonyl (C=O) groups is 2. The lowest BCUT2D eigenvalue weighted by Crippen LogP contribution is -2.31. The first-order valence-electron chi connectivity index (χ1n) is 10.2. The molecular formula is C26H23NO3S. The highest BCUT2D eigenvalue weighted by Gasteiger charge is 2.40. The van der Waals surface area contributed by atoms with Gasteiger partial charge in [0.25, 0.3) is 11.8 Å². The Balaban J connectivity index is 1.76. The maximum Gasteiger partial charge on any atom is 0.272 e. The quantitative estimate of drug-likeness (QED) is 0.441. The lowest BCUT2D eigenvalue weighted by molar-refractivity contribution is -0.119. The molecule has 4 nitrogen and oxygen atoms in total.